The molecule has 1 saturated carbocycles. The van der Waals surface area contributed by atoms with E-state index in [1.807, 2.05) is 0 Å². The first-order chi connectivity index (χ1) is 10.7. The quantitative estimate of drug-likeness (QED) is 0.561. The Kier molecular flexibility index (Phi) is 4.84. The minimum atomic E-state index is -3.91. The summed E-state index contributed by atoms with van der Waals surface area (Å²) in [6.45, 7) is 1.27. The molecule has 0 aliphatic heterocycles. The molecule has 0 amide bonds. The third kappa shape index (κ3) is 3.74. The Hall–Kier alpha value is -1.83. The van der Waals surface area contributed by atoms with E-state index >= 15 is 0 Å². The first-order valence-corrected chi connectivity index (χ1v) is 9.03. The summed E-state index contributed by atoms with van der Waals surface area (Å²) >= 11 is 0. The van der Waals surface area contributed by atoms with Crippen molar-refractivity contribution < 1.29 is 26.8 Å². The molecule has 0 unspecified atom stereocenters. The summed E-state index contributed by atoms with van der Waals surface area (Å²) in [5.74, 6) is -3.79. The van der Waals surface area contributed by atoms with Gasteiger partial charge in [0.05, 0.1) is 12.7 Å². The normalized spacial score (nSPS) is 14.6. The van der Waals surface area contributed by atoms with Crippen molar-refractivity contribution in [3.8, 4) is 0 Å². The molecule has 126 valence electrons. The topological polar surface area (TPSA) is 71.5 Å². The fourth-order valence-electron chi connectivity index (χ4n) is 2.37. The Morgan fingerprint density at radius 2 is 1.87 bits per heavy atom. The second-order valence-corrected chi connectivity index (χ2v) is 7.43. The maximum atomic E-state index is 14.2. The zero-order valence-electron chi connectivity index (χ0n) is 12.8. The van der Waals surface area contributed by atoms with E-state index in [4.69, 9.17) is 0 Å². The number of sulfonamides is 1. The zero-order valence-corrected chi connectivity index (χ0v) is 13.6. The number of carbonyl (C=O) groups excluding carboxylic acids is 2. The Morgan fingerprint density at radius 3 is 2.35 bits per heavy atom. The molecule has 0 aromatic heterocycles. The van der Waals surface area contributed by atoms with Crippen LogP contribution in [0.1, 0.15) is 36.5 Å². The predicted octanol–water partition coefficient (Wildman–Crippen LogP) is 2.30. The molecular formula is C15H17F2NO4S. The van der Waals surface area contributed by atoms with Crippen LogP contribution in [-0.4, -0.2) is 32.8 Å². The molecule has 8 heteroatoms. The SMILES string of the molecule is CCN(c1c(C(=O)CC(=O)C2CC2)ccc(F)c1F)S(C)(=O)=O. The number of hydrogen-bond acceptors (Lipinski definition) is 4. The number of rotatable bonds is 7. The van der Waals surface area contributed by atoms with Crippen LogP contribution in [0, 0.1) is 17.6 Å². The highest BCUT2D eigenvalue weighted by atomic mass is 32.2. The van der Waals surface area contributed by atoms with Crippen LogP contribution in [0.3, 0.4) is 0 Å². The smallest absolute Gasteiger partial charge is 0.232 e. The van der Waals surface area contributed by atoms with Crippen molar-refractivity contribution in [2.24, 2.45) is 5.92 Å². The van der Waals surface area contributed by atoms with E-state index in [0.29, 0.717) is 4.31 Å². The van der Waals surface area contributed by atoms with Crippen LogP contribution in [0.5, 0.6) is 0 Å². The number of halogens is 2. The largest absolute Gasteiger partial charge is 0.299 e. The highest BCUT2D eigenvalue weighted by molar-refractivity contribution is 7.92. The van der Waals surface area contributed by atoms with Crippen LogP contribution in [0.15, 0.2) is 12.1 Å². The van der Waals surface area contributed by atoms with Crippen LogP contribution in [-0.2, 0) is 14.8 Å². The van der Waals surface area contributed by atoms with Gasteiger partial charge in [-0.05, 0) is 31.9 Å². The maximum absolute atomic E-state index is 14.2. The van der Waals surface area contributed by atoms with Gasteiger partial charge in [0.2, 0.25) is 10.0 Å². The number of Topliss-reactive ketones (excluding diaryl/α,β-unsaturated/α-hetero) is 2. The molecule has 1 aromatic rings. The molecule has 0 spiro atoms. The van der Waals surface area contributed by atoms with E-state index in [1.54, 1.807) is 0 Å². The van der Waals surface area contributed by atoms with E-state index in [9.17, 15) is 26.8 Å². The van der Waals surface area contributed by atoms with Crippen molar-refractivity contribution >= 4 is 27.3 Å². The van der Waals surface area contributed by atoms with E-state index in [0.717, 1.165) is 31.2 Å². The van der Waals surface area contributed by atoms with E-state index in [2.05, 4.69) is 0 Å². The number of carbonyl (C=O) groups is 2. The third-order valence-corrected chi connectivity index (χ3v) is 4.92. The number of hydrogen-bond donors (Lipinski definition) is 0. The van der Waals surface area contributed by atoms with Gasteiger partial charge in [0.1, 0.15) is 11.5 Å². The fourth-order valence-corrected chi connectivity index (χ4v) is 3.35. The van der Waals surface area contributed by atoms with Crippen molar-refractivity contribution in [1.82, 2.24) is 0 Å². The number of ketones is 2. The lowest BCUT2D eigenvalue weighted by atomic mass is 10.0. The summed E-state index contributed by atoms with van der Waals surface area (Å²) < 4.78 is 51.9. The van der Waals surface area contributed by atoms with Crippen molar-refractivity contribution in [3.05, 3.63) is 29.3 Å². The standard InChI is InChI=1S/C15H17F2NO4S/c1-3-18(23(2,21)22)15-10(6-7-11(16)14(15)17)13(20)8-12(19)9-4-5-9/h6-7,9H,3-5,8H2,1-2H3. The van der Waals surface area contributed by atoms with E-state index < -0.39 is 39.5 Å². The molecule has 0 atom stereocenters. The summed E-state index contributed by atoms with van der Waals surface area (Å²) in [5.41, 5.74) is -0.936. The van der Waals surface area contributed by atoms with Crippen LogP contribution >= 0.6 is 0 Å². The van der Waals surface area contributed by atoms with Gasteiger partial charge in [-0.15, -0.1) is 0 Å². The second kappa shape index (κ2) is 6.35. The van der Waals surface area contributed by atoms with Crippen molar-refractivity contribution in [2.45, 2.75) is 26.2 Å². The van der Waals surface area contributed by atoms with Gasteiger partial charge in [0.25, 0.3) is 0 Å². The molecule has 0 radical (unpaired) electrons. The minimum Gasteiger partial charge on any atom is -0.299 e. The van der Waals surface area contributed by atoms with Gasteiger partial charge >= 0.3 is 0 Å². The van der Waals surface area contributed by atoms with Gasteiger partial charge in [0, 0.05) is 18.0 Å². The van der Waals surface area contributed by atoms with Crippen LogP contribution in [0.25, 0.3) is 0 Å². The molecule has 1 fully saturated rings. The average Bonchev–Trinajstić information content (AvgIpc) is 3.27. The molecule has 1 aliphatic rings. The van der Waals surface area contributed by atoms with Gasteiger partial charge in [-0.1, -0.05) is 0 Å². The number of nitrogens with zero attached hydrogens (tertiary/aromatic N) is 1. The molecular weight excluding hydrogens is 328 g/mol. The van der Waals surface area contributed by atoms with Gasteiger partial charge < -0.3 is 0 Å². The van der Waals surface area contributed by atoms with E-state index in [1.165, 1.54) is 6.92 Å². The van der Waals surface area contributed by atoms with Crippen molar-refractivity contribution in [3.63, 3.8) is 0 Å². The Bertz CT molecular complexity index is 757. The molecule has 1 aliphatic carbocycles. The first-order valence-electron chi connectivity index (χ1n) is 7.18. The number of anilines is 1. The summed E-state index contributed by atoms with van der Waals surface area (Å²) in [6.07, 6.45) is 1.84. The second-order valence-electron chi connectivity index (χ2n) is 5.53. The Labute approximate surface area is 133 Å². The van der Waals surface area contributed by atoms with Gasteiger partial charge in [-0.3, -0.25) is 13.9 Å². The molecule has 1 aromatic carbocycles. The lowest BCUT2D eigenvalue weighted by Gasteiger charge is -2.23. The third-order valence-electron chi connectivity index (χ3n) is 3.67. The summed E-state index contributed by atoms with van der Waals surface area (Å²) in [5, 5.41) is 0. The maximum Gasteiger partial charge on any atom is 0.232 e. The van der Waals surface area contributed by atoms with Crippen molar-refractivity contribution in [2.75, 3.05) is 17.1 Å². The highest BCUT2D eigenvalue weighted by Crippen LogP contribution is 2.33. The molecule has 5 nitrogen and oxygen atoms in total. The lowest BCUT2D eigenvalue weighted by molar-refractivity contribution is -0.119. The highest BCUT2D eigenvalue weighted by Gasteiger charge is 2.33. The van der Waals surface area contributed by atoms with Crippen LogP contribution in [0.4, 0.5) is 14.5 Å². The molecule has 0 saturated heterocycles. The van der Waals surface area contributed by atoms with Gasteiger partial charge in [-0.25, -0.2) is 17.2 Å². The monoisotopic (exact) mass is 345 g/mol. The van der Waals surface area contributed by atoms with Crippen LogP contribution in [0.2, 0.25) is 0 Å². The minimum absolute atomic E-state index is 0.148. The molecule has 0 N–H and O–H groups in total. The predicted molar refractivity (Wildman–Crippen MR) is 80.9 cm³/mol. The zero-order chi connectivity index (χ0) is 17.4. The van der Waals surface area contributed by atoms with Crippen LogP contribution < -0.4 is 4.31 Å². The average molecular weight is 345 g/mol. The summed E-state index contributed by atoms with van der Waals surface area (Å²) in [7, 11) is -3.91. The lowest BCUT2D eigenvalue weighted by Crippen LogP contribution is -2.32. The van der Waals surface area contributed by atoms with Crippen molar-refractivity contribution in [1.29, 1.82) is 0 Å². The summed E-state index contributed by atoms with van der Waals surface area (Å²) in [4.78, 5) is 24.1. The van der Waals surface area contributed by atoms with E-state index in [-0.39, 0.29) is 23.8 Å². The Morgan fingerprint density at radius 1 is 1.26 bits per heavy atom. The molecule has 2 rings (SSSR count). The summed E-state index contributed by atoms with van der Waals surface area (Å²) in [6, 6.07) is 1.77. The molecule has 23 heavy (non-hydrogen) atoms. The molecule has 0 heterocycles. The van der Waals surface area contributed by atoms with Gasteiger partial charge in [0.15, 0.2) is 17.4 Å². The fraction of sp³-hybridized carbons (Fsp3) is 0.467. The Balaban J connectivity index is 2.48. The van der Waals surface area contributed by atoms with Gasteiger partial charge in [-0.2, -0.15) is 0 Å². The molecule has 0 bridgehead atoms. The first kappa shape index (κ1) is 17.5. The number of benzene rings is 1.